The van der Waals surface area contributed by atoms with Crippen LogP contribution in [0.2, 0.25) is 0 Å². The molecule has 2 atom stereocenters. The first-order chi connectivity index (χ1) is 7.70. The smallest absolute Gasteiger partial charge is 0.237 e. The van der Waals surface area contributed by atoms with Crippen molar-refractivity contribution in [1.29, 1.82) is 0 Å². The lowest BCUT2D eigenvalue weighted by Crippen LogP contribution is -2.33. The zero-order chi connectivity index (χ0) is 11.6. The summed E-state index contributed by atoms with van der Waals surface area (Å²) in [6.45, 7) is 0.121. The number of aliphatic hydroxyl groups excluding tert-OH is 1. The number of carbonyl (C=O) groups is 2. The van der Waals surface area contributed by atoms with E-state index >= 15 is 0 Å². The molecule has 1 heterocycles. The van der Waals surface area contributed by atoms with Crippen LogP contribution in [-0.2, 0) is 9.59 Å². The van der Waals surface area contributed by atoms with E-state index in [0.717, 1.165) is 6.42 Å². The van der Waals surface area contributed by atoms with Crippen molar-refractivity contribution in [2.24, 2.45) is 11.3 Å². The molecule has 1 fully saturated rings. The summed E-state index contributed by atoms with van der Waals surface area (Å²) >= 11 is 0. The van der Waals surface area contributed by atoms with Gasteiger partial charge in [-0.3, -0.25) is 14.9 Å². The van der Waals surface area contributed by atoms with Crippen LogP contribution < -0.4 is 5.32 Å². The molecular weight excluding hydrogens is 206 g/mol. The van der Waals surface area contributed by atoms with Gasteiger partial charge >= 0.3 is 0 Å². The van der Waals surface area contributed by atoms with Crippen LogP contribution >= 0.6 is 0 Å². The van der Waals surface area contributed by atoms with Gasteiger partial charge in [-0.1, -0.05) is 24.3 Å². The third-order valence-electron chi connectivity index (χ3n) is 3.30. The molecule has 2 aliphatic rings. The maximum absolute atomic E-state index is 11.9. The zero-order valence-electron chi connectivity index (χ0n) is 8.98. The molecule has 0 bridgehead atoms. The van der Waals surface area contributed by atoms with E-state index in [-0.39, 0.29) is 24.3 Å². The second kappa shape index (κ2) is 4.22. The van der Waals surface area contributed by atoms with E-state index in [9.17, 15) is 9.59 Å². The Hall–Kier alpha value is -1.42. The number of amides is 2. The highest BCUT2D eigenvalue weighted by Crippen LogP contribution is 2.42. The highest BCUT2D eigenvalue weighted by atomic mass is 16.3. The standard InChI is InChI=1S/C12H15NO3/c14-8-4-3-7-12-6-2-1-5-9(12)10(15)13-11(12)16/h1-2,5-6,9,14H,3-4,7-8H2,(H,13,15,16). The molecule has 4 heteroatoms. The van der Waals surface area contributed by atoms with Crippen molar-refractivity contribution in [2.75, 3.05) is 6.61 Å². The van der Waals surface area contributed by atoms with Gasteiger partial charge in [0, 0.05) is 6.61 Å². The molecule has 1 saturated heterocycles. The number of hydrogen-bond acceptors (Lipinski definition) is 3. The molecule has 2 unspecified atom stereocenters. The largest absolute Gasteiger partial charge is 0.396 e. The van der Waals surface area contributed by atoms with Gasteiger partial charge in [-0.15, -0.1) is 0 Å². The lowest BCUT2D eigenvalue weighted by molar-refractivity contribution is -0.127. The minimum Gasteiger partial charge on any atom is -0.396 e. The topological polar surface area (TPSA) is 66.4 Å². The summed E-state index contributed by atoms with van der Waals surface area (Å²) in [4.78, 5) is 23.4. The molecule has 0 spiro atoms. The number of rotatable bonds is 4. The van der Waals surface area contributed by atoms with E-state index in [2.05, 4.69) is 5.32 Å². The molecule has 0 aromatic rings. The Labute approximate surface area is 94.0 Å². The number of hydrogen-bond donors (Lipinski definition) is 2. The molecule has 0 aromatic carbocycles. The van der Waals surface area contributed by atoms with E-state index in [1.807, 2.05) is 12.2 Å². The average molecular weight is 221 g/mol. The summed E-state index contributed by atoms with van der Waals surface area (Å²) in [5.41, 5.74) is -0.707. The molecule has 2 rings (SSSR count). The summed E-state index contributed by atoms with van der Waals surface area (Å²) in [7, 11) is 0. The third-order valence-corrected chi connectivity index (χ3v) is 3.30. The third kappa shape index (κ3) is 1.59. The minimum absolute atomic E-state index is 0.121. The van der Waals surface area contributed by atoms with Gasteiger partial charge in [0.15, 0.2) is 0 Å². The first-order valence-electron chi connectivity index (χ1n) is 5.53. The summed E-state index contributed by atoms with van der Waals surface area (Å²) in [5, 5.41) is 11.1. The summed E-state index contributed by atoms with van der Waals surface area (Å²) in [6, 6.07) is 0. The van der Waals surface area contributed by atoms with Crippen LogP contribution in [0.25, 0.3) is 0 Å². The van der Waals surface area contributed by atoms with Gasteiger partial charge in [-0.25, -0.2) is 0 Å². The highest BCUT2D eigenvalue weighted by Gasteiger charge is 2.52. The Morgan fingerprint density at radius 1 is 1.31 bits per heavy atom. The minimum atomic E-state index is -0.707. The van der Waals surface area contributed by atoms with E-state index in [1.165, 1.54) is 0 Å². The average Bonchev–Trinajstić information content (AvgIpc) is 2.53. The summed E-state index contributed by atoms with van der Waals surface area (Å²) in [6.07, 6.45) is 9.21. The normalized spacial score (nSPS) is 31.7. The Kier molecular flexibility index (Phi) is 2.92. The highest BCUT2D eigenvalue weighted by molar-refractivity contribution is 6.09. The number of nitrogens with one attached hydrogen (secondary N) is 1. The molecule has 0 saturated carbocycles. The van der Waals surface area contributed by atoms with Gasteiger partial charge in [0.05, 0.1) is 11.3 Å². The Bertz CT molecular complexity index is 372. The van der Waals surface area contributed by atoms with Crippen molar-refractivity contribution in [1.82, 2.24) is 5.32 Å². The molecule has 16 heavy (non-hydrogen) atoms. The number of fused-ring (bicyclic) bond motifs is 1. The number of imide groups is 1. The number of aliphatic hydroxyl groups is 1. The fourth-order valence-electron chi connectivity index (χ4n) is 2.40. The van der Waals surface area contributed by atoms with Crippen molar-refractivity contribution >= 4 is 11.8 Å². The van der Waals surface area contributed by atoms with Crippen LogP contribution in [0.4, 0.5) is 0 Å². The van der Waals surface area contributed by atoms with E-state index < -0.39 is 5.41 Å². The van der Waals surface area contributed by atoms with Gasteiger partial charge in [-0.2, -0.15) is 0 Å². The predicted octanol–water partition coefficient (Wildman–Crippen LogP) is 0.534. The quantitative estimate of drug-likeness (QED) is 0.537. The Balaban J connectivity index is 2.20. The Morgan fingerprint density at radius 3 is 2.88 bits per heavy atom. The van der Waals surface area contributed by atoms with Gasteiger partial charge in [-0.05, 0) is 19.3 Å². The van der Waals surface area contributed by atoms with Crippen LogP contribution in [0.3, 0.4) is 0 Å². The second-order valence-electron chi connectivity index (χ2n) is 4.26. The maximum atomic E-state index is 11.9. The molecule has 0 aromatic heterocycles. The van der Waals surface area contributed by atoms with E-state index in [1.54, 1.807) is 12.2 Å². The van der Waals surface area contributed by atoms with Crippen molar-refractivity contribution in [3.8, 4) is 0 Å². The molecule has 4 nitrogen and oxygen atoms in total. The fourth-order valence-corrected chi connectivity index (χ4v) is 2.40. The van der Waals surface area contributed by atoms with Crippen molar-refractivity contribution in [2.45, 2.75) is 19.3 Å². The van der Waals surface area contributed by atoms with Gasteiger partial charge < -0.3 is 5.11 Å². The molecular formula is C12H15NO3. The lowest BCUT2D eigenvalue weighted by atomic mass is 9.71. The first-order valence-corrected chi connectivity index (χ1v) is 5.53. The maximum Gasteiger partial charge on any atom is 0.237 e. The van der Waals surface area contributed by atoms with Gasteiger partial charge in [0.2, 0.25) is 11.8 Å². The number of allylic oxidation sites excluding steroid dienone is 2. The lowest BCUT2D eigenvalue weighted by Gasteiger charge is -2.28. The molecule has 1 aliphatic carbocycles. The summed E-state index contributed by atoms with van der Waals surface area (Å²) < 4.78 is 0. The Morgan fingerprint density at radius 2 is 2.12 bits per heavy atom. The van der Waals surface area contributed by atoms with Crippen molar-refractivity contribution in [3.63, 3.8) is 0 Å². The fraction of sp³-hybridized carbons (Fsp3) is 0.500. The van der Waals surface area contributed by atoms with Crippen LogP contribution in [-0.4, -0.2) is 23.5 Å². The SMILES string of the molecule is O=C1NC(=O)C2(CCCCO)C=CC=CC12. The molecule has 2 amide bonds. The zero-order valence-corrected chi connectivity index (χ0v) is 8.98. The van der Waals surface area contributed by atoms with E-state index in [0.29, 0.717) is 12.8 Å². The van der Waals surface area contributed by atoms with Gasteiger partial charge in [0.1, 0.15) is 0 Å². The molecule has 2 N–H and O–H groups in total. The van der Waals surface area contributed by atoms with Gasteiger partial charge in [0.25, 0.3) is 0 Å². The first kappa shape index (κ1) is 11.1. The van der Waals surface area contributed by atoms with Crippen molar-refractivity contribution < 1.29 is 14.7 Å². The van der Waals surface area contributed by atoms with E-state index in [4.69, 9.17) is 5.11 Å². The van der Waals surface area contributed by atoms with Crippen molar-refractivity contribution in [3.05, 3.63) is 24.3 Å². The van der Waals surface area contributed by atoms with Crippen LogP contribution in [0.5, 0.6) is 0 Å². The second-order valence-corrected chi connectivity index (χ2v) is 4.26. The number of carbonyl (C=O) groups excluding carboxylic acids is 2. The monoisotopic (exact) mass is 221 g/mol. The van der Waals surface area contributed by atoms with Crippen LogP contribution in [0.1, 0.15) is 19.3 Å². The summed E-state index contributed by atoms with van der Waals surface area (Å²) in [5.74, 6) is -0.792. The predicted molar refractivity (Wildman–Crippen MR) is 58.3 cm³/mol. The van der Waals surface area contributed by atoms with Crippen LogP contribution in [0.15, 0.2) is 24.3 Å². The van der Waals surface area contributed by atoms with Crippen LogP contribution in [0, 0.1) is 11.3 Å². The molecule has 1 aliphatic heterocycles. The molecule has 0 radical (unpaired) electrons. The number of unbranched alkanes of at least 4 members (excludes halogenated alkanes) is 1. The molecule has 86 valence electrons.